The van der Waals surface area contributed by atoms with E-state index in [1.165, 1.54) is 18.4 Å². The van der Waals surface area contributed by atoms with Gasteiger partial charge >= 0.3 is 0 Å². The molecule has 0 unspecified atom stereocenters. The van der Waals surface area contributed by atoms with Gasteiger partial charge in [-0.3, -0.25) is 0 Å². The summed E-state index contributed by atoms with van der Waals surface area (Å²) < 4.78 is 0. The highest BCUT2D eigenvalue weighted by Gasteiger charge is 1.81. The van der Waals surface area contributed by atoms with E-state index in [0.29, 0.717) is 0 Å². The van der Waals surface area contributed by atoms with Crippen LogP contribution >= 0.6 is 0 Å². The van der Waals surface area contributed by atoms with Gasteiger partial charge in [0.2, 0.25) is 0 Å². The van der Waals surface area contributed by atoms with E-state index in [-0.39, 0.29) is 0 Å². The molecule has 0 bridgehead atoms. The molecule has 0 aliphatic rings. The standard InChI is InChI=1S/C9H16/c1-4-6-8-9(3)7-5-2/h4,6,8H,5,7H2,1-3H3/b6-4+,9-8-. The van der Waals surface area contributed by atoms with Crippen LogP contribution in [0.1, 0.15) is 33.6 Å². The zero-order valence-corrected chi connectivity index (χ0v) is 6.65. The fourth-order valence-corrected chi connectivity index (χ4v) is 0.738. The number of hydrogen-bond donors (Lipinski definition) is 0. The van der Waals surface area contributed by atoms with Crippen LogP contribution in [0.3, 0.4) is 0 Å². The summed E-state index contributed by atoms with van der Waals surface area (Å²) in [6, 6.07) is 0. The predicted octanol–water partition coefficient (Wildman–Crippen LogP) is 3.31. The minimum absolute atomic E-state index is 1.23. The molecule has 0 radical (unpaired) electrons. The lowest BCUT2D eigenvalue weighted by atomic mass is 10.2. The molecular weight excluding hydrogens is 108 g/mol. The Balaban J connectivity index is 3.55. The zero-order valence-electron chi connectivity index (χ0n) is 6.65. The highest BCUT2D eigenvalue weighted by molar-refractivity contribution is 5.09. The highest BCUT2D eigenvalue weighted by atomic mass is 13.9. The predicted molar refractivity (Wildman–Crippen MR) is 43.5 cm³/mol. The summed E-state index contributed by atoms with van der Waals surface area (Å²) in [7, 11) is 0. The van der Waals surface area contributed by atoms with Gasteiger partial charge in [0.1, 0.15) is 0 Å². The van der Waals surface area contributed by atoms with Crippen LogP contribution in [0, 0.1) is 0 Å². The van der Waals surface area contributed by atoms with E-state index in [1.54, 1.807) is 0 Å². The van der Waals surface area contributed by atoms with E-state index >= 15 is 0 Å². The normalized spacial score (nSPS) is 13.0. The van der Waals surface area contributed by atoms with Crippen molar-refractivity contribution >= 4 is 0 Å². The molecule has 0 aromatic heterocycles. The quantitative estimate of drug-likeness (QED) is 0.506. The Kier molecular flexibility index (Phi) is 5.29. The van der Waals surface area contributed by atoms with Crippen molar-refractivity contribution in [2.45, 2.75) is 33.6 Å². The van der Waals surface area contributed by atoms with E-state index in [1.807, 2.05) is 6.92 Å². The molecule has 0 fully saturated rings. The van der Waals surface area contributed by atoms with Crippen molar-refractivity contribution in [1.82, 2.24) is 0 Å². The monoisotopic (exact) mass is 124 g/mol. The summed E-state index contributed by atoms with van der Waals surface area (Å²) in [6.45, 7) is 6.41. The second kappa shape index (κ2) is 5.61. The first-order valence-corrected chi connectivity index (χ1v) is 3.59. The van der Waals surface area contributed by atoms with Gasteiger partial charge in [-0.2, -0.15) is 0 Å². The topological polar surface area (TPSA) is 0 Å². The largest absolute Gasteiger partial charge is 0.0877 e. The molecule has 0 aromatic rings. The van der Waals surface area contributed by atoms with Crippen LogP contribution in [-0.4, -0.2) is 0 Å². The van der Waals surface area contributed by atoms with Crippen LogP contribution < -0.4 is 0 Å². The van der Waals surface area contributed by atoms with Gasteiger partial charge in [0.15, 0.2) is 0 Å². The minimum atomic E-state index is 1.23. The fraction of sp³-hybridized carbons (Fsp3) is 0.556. The first-order chi connectivity index (χ1) is 4.31. The van der Waals surface area contributed by atoms with Crippen LogP contribution in [0.2, 0.25) is 0 Å². The molecule has 0 aliphatic carbocycles. The van der Waals surface area contributed by atoms with Gasteiger partial charge in [0.05, 0.1) is 0 Å². The molecule has 0 heterocycles. The van der Waals surface area contributed by atoms with Gasteiger partial charge in [-0.1, -0.05) is 37.1 Å². The van der Waals surface area contributed by atoms with E-state index in [0.717, 1.165) is 0 Å². The van der Waals surface area contributed by atoms with Gasteiger partial charge in [0.25, 0.3) is 0 Å². The molecule has 0 aromatic carbocycles. The fourth-order valence-electron chi connectivity index (χ4n) is 0.738. The molecule has 0 rings (SSSR count). The summed E-state index contributed by atoms with van der Waals surface area (Å²) in [5.41, 5.74) is 1.47. The number of hydrogen-bond acceptors (Lipinski definition) is 0. The third-order valence-electron chi connectivity index (χ3n) is 1.22. The van der Waals surface area contributed by atoms with Crippen molar-refractivity contribution in [3.63, 3.8) is 0 Å². The van der Waals surface area contributed by atoms with Crippen molar-refractivity contribution in [2.24, 2.45) is 0 Å². The molecule has 0 nitrogen and oxygen atoms in total. The highest BCUT2D eigenvalue weighted by Crippen LogP contribution is 2.02. The molecule has 0 saturated heterocycles. The molecule has 0 atom stereocenters. The third kappa shape index (κ3) is 5.35. The number of rotatable bonds is 3. The maximum atomic E-state index is 2.20. The summed E-state index contributed by atoms with van der Waals surface area (Å²) in [6.07, 6.45) is 8.79. The van der Waals surface area contributed by atoms with E-state index in [9.17, 15) is 0 Å². The van der Waals surface area contributed by atoms with Crippen LogP contribution in [0.25, 0.3) is 0 Å². The lowest BCUT2D eigenvalue weighted by molar-refractivity contribution is 0.906. The molecule has 9 heavy (non-hydrogen) atoms. The molecule has 0 saturated carbocycles. The molecule has 0 amide bonds. The van der Waals surface area contributed by atoms with Crippen molar-refractivity contribution in [3.05, 3.63) is 23.8 Å². The van der Waals surface area contributed by atoms with Crippen LogP contribution in [0.15, 0.2) is 23.8 Å². The molecule has 52 valence electrons. The van der Waals surface area contributed by atoms with Crippen molar-refractivity contribution in [2.75, 3.05) is 0 Å². The maximum absolute atomic E-state index is 2.20. The average Bonchev–Trinajstić information content (AvgIpc) is 1.85. The van der Waals surface area contributed by atoms with Gasteiger partial charge in [0, 0.05) is 0 Å². The first kappa shape index (κ1) is 8.48. The Labute approximate surface area is 58.3 Å². The van der Waals surface area contributed by atoms with Crippen LogP contribution in [0.5, 0.6) is 0 Å². The Hall–Kier alpha value is -0.520. The van der Waals surface area contributed by atoms with E-state index < -0.39 is 0 Å². The van der Waals surface area contributed by atoms with Gasteiger partial charge < -0.3 is 0 Å². The van der Waals surface area contributed by atoms with Crippen molar-refractivity contribution in [3.8, 4) is 0 Å². The summed E-state index contributed by atoms with van der Waals surface area (Å²) in [5.74, 6) is 0. The van der Waals surface area contributed by atoms with Crippen molar-refractivity contribution < 1.29 is 0 Å². The van der Waals surface area contributed by atoms with Crippen LogP contribution in [-0.2, 0) is 0 Å². The molecular formula is C9H16. The lowest BCUT2D eigenvalue weighted by Crippen LogP contribution is -1.71. The SMILES string of the molecule is C/C=C/C=C(/C)CCC. The Morgan fingerprint density at radius 3 is 2.56 bits per heavy atom. The molecule has 0 aliphatic heterocycles. The number of allylic oxidation sites excluding steroid dienone is 4. The average molecular weight is 124 g/mol. The van der Waals surface area contributed by atoms with E-state index in [2.05, 4.69) is 32.1 Å². The molecule has 0 heteroatoms. The Morgan fingerprint density at radius 1 is 1.44 bits per heavy atom. The van der Waals surface area contributed by atoms with Crippen molar-refractivity contribution in [1.29, 1.82) is 0 Å². The maximum Gasteiger partial charge on any atom is -0.0323 e. The summed E-state index contributed by atoms with van der Waals surface area (Å²) in [5, 5.41) is 0. The minimum Gasteiger partial charge on any atom is -0.0877 e. The molecule has 0 N–H and O–H groups in total. The third-order valence-corrected chi connectivity index (χ3v) is 1.22. The van der Waals surface area contributed by atoms with Gasteiger partial charge in [-0.25, -0.2) is 0 Å². The molecule has 0 spiro atoms. The summed E-state index contributed by atoms with van der Waals surface area (Å²) >= 11 is 0. The van der Waals surface area contributed by atoms with Crippen LogP contribution in [0.4, 0.5) is 0 Å². The second-order valence-electron chi connectivity index (χ2n) is 2.29. The summed E-state index contributed by atoms with van der Waals surface area (Å²) in [4.78, 5) is 0. The Morgan fingerprint density at radius 2 is 2.11 bits per heavy atom. The first-order valence-electron chi connectivity index (χ1n) is 3.59. The Bertz CT molecular complexity index is 107. The smallest absolute Gasteiger partial charge is 0.0323 e. The van der Waals surface area contributed by atoms with Gasteiger partial charge in [-0.15, -0.1) is 0 Å². The lowest BCUT2D eigenvalue weighted by Gasteiger charge is -1.92. The van der Waals surface area contributed by atoms with E-state index in [4.69, 9.17) is 0 Å². The zero-order chi connectivity index (χ0) is 7.11. The second-order valence-corrected chi connectivity index (χ2v) is 2.29. The van der Waals surface area contributed by atoms with Gasteiger partial charge in [-0.05, 0) is 20.3 Å².